The van der Waals surface area contributed by atoms with Crippen LogP contribution in [0.5, 0.6) is 0 Å². The zero-order chi connectivity index (χ0) is 19.6. The molecule has 142 valence electrons. The van der Waals surface area contributed by atoms with Gasteiger partial charge >= 0.3 is 5.97 Å². The Morgan fingerprint density at radius 1 is 1.15 bits per heavy atom. The van der Waals surface area contributed by atoms with Crippen molar-refractivity contribution in [3.05, 3.63) is 65.0 Å². The normalized spacial score (nSPS) is 13.3. The second-order valence-electron chi connectivity index (χ2n) is 6.08. The van der Waals surface area contributed by atoms with Crippen molar-refractivity contribution in [3.63, 3.8) is 0 Å². The molecule has 0 radical (unpaired) electrons. The summed E-state index contributed by atoms with van der Waals surface area (Å²) in [4.78, 5) is 24.2. The minimum Gasteiger partial charge on any atom is -0.454 e. The number of esters is 1. The number of fused-ring (bicyclic) bond motifs is 1. The van der Waals surface area contributed by atoms with Gasteiger partial charge in [0, 0.05) is 12.1 Å². The number of hydrogen-bond donors (Lipinski definition) is 0. The van der Waals surface area contributed by atoms with Crippen LogP contribution < -0.4 is 4.31 Å². The lowest BCUT2D eigenvalue weighted by Crippen LogP contribution is -2.30. The molecule has 1 heterocycles. The van der Waals surface area contributed by atoms with E-state index in [1.54, 1.807) is 19.1 Å². The molecule has 0 saturated carbocycles. The molecule has 0 N–H and O–H groups in total. The van der Waals surface area contributed by atoms with Crippen molar-refractivity contribution in [3.8, 4) is 0 Å². The van der Waals surface area contributed by atoms with E-state index >= 15 is 0 Å². The highest BCUT2D eigenvalue weighted by Crippen LogP contribution is 2.31. The van der Waals surface area contributed by atoms with Gasteiger partial charge in [0.05, 0.1) is 17.0 Å². The molecular formula is C19H18FNO5S. The van der Waals surface area contributed by atoms with Crippen molar-refractivity contribution in [2.24, 2.45) is 0 Å². The fraction of sp³-hybridized carbons (Fsp3) is 0.263. The van der Waals surface area contributed by atoms with Crippen molar-refractivity contribution in [2.45, 2.75) is 13.3 Å². The fourth-order valence-corrected chi connectivity index (χ4v) is 4.06. The van der Waals surface area contributed by atoms with Crippen LogP contribution in [0.1, 0.15) is 33.2 Å². The first kappa shape index (κ1) is 19.0. The Balaban J connectivity index is 1.69. The molecule has 0 fully saturated rings. The molecule has 1 aliphatic heterocycles. The van der Waals surface area contributed by atoms with Crippen LogP contribution in [0, 0.1) is 5.82 Å². The van der Waals surface area contributed by atoms with Gasteiger partial charge in [0.1, 0.15) is 5.82 Å². The van der Waals surface area contributed by atoms with Gasteiger partial charge in [-0.1, -0.05) is 6.07 Å². The minimum atomic E-state index is -3.35. The van der Waals surface area contributed by atoms with Gasteiger partial charge in [-0.3, -0.25) is 9.10 Å². The zero-order valence-corrected chi connectivity index (χ0v) is 15.5. The summed E-state index contributed by atoms with van der Waals surface area (Å²) < 4.78 is 43.6. The largest absolute Gasteiger partial charge is 0.454 e. The van der Waals surface area contributed by atoms with Gasteiger partial charge in [-0.15, -0.1) is 0 Å². The lowest BCUT2D eigenvalue weighted by Gasteiger charge is -2.18. The number of carbonyl (C=O) groups is 2. The molecule has 0 aliphatic carbocycles. The first-order valence-corrected chi connectivity index (χ1v) is 10.0. The van der Waals surface area contributed by atoms with E-state index in [4.69, 9.17) is 4.74 Å². The molecule has 0 spiro atoms. The van der Waals surface area contributed by atoms with Gasteiger partial charge < -0.3 is 4.74 Å². The fourth-order valence-electron chi connectivity index (χ4n) is 2.90. The van der Waals surface area contributed by atoms with E-state index in [9.17, 15) is 22.4 Å². The van der Waals surface area contributed by atoms with E-state index in [1.165, 1.54) is 28.6 Å². The van der Waals surface area contributed by atoms with Crippen LogP contribution in [0.4, 0.5) is 10.1 Å². The lowest BCUT2D eigenvalue weighted by atomic mass is 10.1. The van der Waals surface area contributed by atoms with E-state index in [2.05, 4.69) is 0 Å². The highest BCUT2D eigenvalue weighted by atomic mass is 32.2. The summed E-state index contributed by atoms with van der Waals surface area (Å²) >= 11 is 0. The standard InChI is InChI=1S/C19H18FNO5S/c1-2-27(24,25)21-9-8-13-10-14(6-7-17(13)21)18(22)12-26-19(23)15-4-3-5-16(20)11-15/h3-7,10-11H,2,8-9,12H2,1H3. The number of rotatable bonds is 6. The molecule has 0 amide bonds. The summed E-state index contributed by atoms with van der Waals surface area (Å²) in [5, 5.41) is 0. The van der Waals surface area contributed by atoms with Crippen molar-refractivity contribution >= 4 is 27.5 Å². The average molecular weight is 391 g/mol. The molecule has 2 aromatic rings. The molecule has 0 atom stereocenters. The van der Waals surface area contributed by atoms with Gasteiger partial charge in [0.25, 0.3) is 0 Å². The first-order chi connectivity index (χ1) is 12.8. The number of ketones is 1. The molecule has 27 heavy (non-hydrogen) atoms. The van der Waals surface area contributed by atoms with Crippen molar-refractivity contribution in [2.75, 3.05) is 23.2 Å². The van der Waals surface area contributed by atoms with Gasteiger partial charge in [0.2, 0.25) is 10.0 Å². The van der Waals surface area contributed by atoms with Crippen LogP contribution in [-0.2, 0) is 21.2 Å². The van der Waals surface area contributed by atoms with E-state index in [-0.39, 0.29) is 11.3 Å². The van der Waals surface area contributed by atoms with Crippen LogP contribution in [0.15, 0.2) is 42.5 Å². The van der Waals surface area contributed by atoms with Gasteiger partial charge in [-0.25, -0.2) is 17.6 Å². The summed E-state index contributed by atoms with van der Waals surface area (Å²) in [7, 11) is -3.35. The zero-order valence-electron chi connectivity index (χ0n) is 14.6. The van der Waals surface area contributed by atoms with Gasteiger partial charge in [-0.05, 0) is 55.3 Å². The maximum Gasteiger partial charge on any atom is 0.338 e. The van der Waals surface area contributed by atoms with Crippen LogP contribution in [0.2, 0.25) is 0 Å². The molecule has 1 aliphatic rings. The Labute approximate surface area is 156 Å². The number of benzene rings is 2. The summed E-state index contributed by atoms with van der Waals surface area (Å²) in [6, 6.07) is 9.74. The molecule has 2 aromatic carbocycles. The lowest BCUT2D eigenvalue weighted by molar-refractivity contribution is 0.0474. The molecule has 0 saturated heterocycles. The van der Waals surface area contributed by atoms with Crippen LogP contribution in [-0.4, -0.2) is 39.1 Å². The van der Waals surface area contributed by atoms with E-state index in [1.807, 2.05) is 0 Å². The second-order valence-corrected chi connectivity index (χ2v) is 8.26. The quantitative estimate of drug-likeness (QED) is 0.559. The molecular weight excluding hydrogens is 373 g/mol. The predicted molar refractivity (Wildman–Crippen MR) is 98.0 cm³/mol. The Hall–Kier alpha value is -2.74. The average Bonchev–Trinajstić information content (AvgIpc) is 3.09. The molecule has 0 bridgehead atoms. The van der Waals surface area contributed by atoms with Crippen LogP contribution in [0.3, 0.4) is 0 Å². The molecule has 0 unspecified atom stereocenters. The number of hydrogen-bond acceptors (Lipinski definition) is 5. The number of halogens is 1. The van der Waals surface area contributed by atoms with Crippen LogP contribution >= 0.6 is 0 Å². The van der Waals surface area contributed by atoms with Gasteiger partial charge in [-0.2, -0.15) is 0 Å². The smallest absolute Gasteiger partial charge is 0.338 e. The number of nitrogens with zero attached hydrogens (tertiary/aromatic N) is 1. The third kappa shape index (κ3) is 4.00. The van der Waals surface area contributed by atoms with Crippen molar-refractivity contribution in [1.29, 1.82) is 0 Å². The Bertz CT molecular complexity index is 1000. The predicted octanol–water partition coefficient (Wildman–Crippen LogP) is 2.58. The molecule has 8 heteroatoms. The number of anilines is 1. The molecule has 3 rings (SSSR count). The summed E-state index contributed by atoms with van der Waals surface area (Å²) in [5.41, 5.74) is 1.69. The number of sulfonamides is 1. The monoisotopic (exact) mass is 391 g/mol. The summed E-state index contributed by atoms with van der Waals surface area (Å²) in [6.45, 7) is 1.45. The number of Topliss-reactive ketones (excluding diaryl/α,β-unsaturated/α-hetero) is 1. The SMILES string of the molecule is CCS(=O)(=O)N1CCc2cc(C(=O)COC(=O)c3cccc(F)c3)ccc21. The topological polar surface area (TPSA) is 80.8 Å². The highest BCUT2D eigenvalue weighted by Gasteiger charge is 2.28. The van der Waals surface area contributed by atoms with E-state index < -0.39 is 34.2 Å². The Morgan fingerprint density at radius 3 is 2.63 bits per heavy atom. The minimum absolute atomic E-state index is 0.00313. The third-order valence-corrected chi connectivity index (χ3v) is 6.13. The molecule has 0 aromatic heterocycles. The van der Waals surface area contributed by atoms with E-state index in [0.29, 0.717) is 24.2 Å². The summed E-state index contributed by atoms with van der Waals surface area (Å²) in [6.07, 6.45) is 0.513. The highest BCUT2D eigenvalue weighted by molar-refractivity contribution is 7.92. The van der Waals surface area contributed by atoms with Gasteiger partial charge in [0.15, 0.2) is 12.4 Å². The Morgan fingerprint density at radius 2 is 1.93 bits per heavy atom. The Kier molecular flexibility index (Phi) is 5.27. The summed E-state index contributed by atoms with van der Waals surface area (Å²) in [5.74, 6) is -1.77. The van der Waals surface area contributed by atoms with Crippen LogP contribution in [0.25, 0.3) is 0 Å². The van der Waals surface area contributed by atoms with Crippen molar-refractivity contribution < 1.29 is 27.1 Å². The second kappa shape index (κ2) is 7.48. The molecule has 6 nitrogen and oxygen atoms in total. The maximum atomic E-state index is 13.1. The first-order valence-electron chi connectivity index (χ1n) is 8.41. The maximum absolute atomic E-state index is 13.1. The number of ether oxygens (including phenoxy) is 1. The van der Waals surface area contributed by atoms with E-state index in [0.717, 1.165) is 11.6 Å². The third-order valence-electron chi connectivity index (χ3n) is 4.35. The number of carbonyl (C=O) groups excluding carboxylic acids is 2. The van der Waals surface area contributed by atoms with Crippen molar-refractivity contribution in [1.82, 2.24) is 0 Å².